The number of nitrogens with one attached hydrogen (secondary N) is 1. The third kappa shape index (κ3) is 3.48. The van der Waals surface area contributed by atoms with Gasteiger partial charge in [0.15, 0.2) is 8.68 Å². The minimum absolute atomic E-state index is 0.128. The SMILES string of the molecule is Cc1csc(CCNS(=O)(=O)c2cnc(Cl)s2)n1. The number of aromatic nitrogens is 2. The Kier molecular flexibility index (Phi) is 4.33. The topological polar surface area (TPSA) is 72.0 Å². The summed E-state index contributed by atoms with van der Waals surface area (Å²) >= 11 is 8.07. The van der Waals surface area contributed by atoms with Crippen molar-refractivity contribution in [3.63, 3.8) is 0 Å². The number of hydrogen-bond donors (Lipinski definition) is 1. The van der Waals surface area contributed by atoms with Gasteiger partial charge >= 0.3 is 0 Å². The molecule has 0 spiro atoms. The predicted octanol–water partition coefficient (Wildman–Crippen LogP) is 2.08. The maximum Gasteiger partial charge on any atom is 0.251 e. The monoisotopic (exact) mass is 323 g/mol. The van der Waals surface area contributed by atoms with Crippen LogP contribution in [0.1, 0.15) is 10.7 Å². The first kappa shape index (κ1) is 13.9. The highest BCUT2D eigenvalue weighted by Gasteiger charge is 2.17. The Morgan fingerprint density at radius 1 is 1.50 bits per heavy atom. The van der Waals surface area contributed by atoms with Gasteiger partial charge in [0.25, 0.3) is 10.0 Å². The van der Waals surface area contributed by atoms with E-state index in [0.29, 0.717) is 13.0 Å². The van der Waals surface area contributed by atoms with Crippen LogP contribution in [0.4, 0.5) is 0 Å². The standard InChI is InChI=1S/C9H10ClN3O2S3/c1-6-5-16-7(13-6)2-3-12-18(14,15)8-4-11-9(10)17-8/h4-5,12H,2-3H2,1H3. The summed E-state index contributed by atoms with van der Waals surface area (Å²) in [6, 6.07) is 0. The average molecular weight is 324 g/mol. The quantitative estimate of drug-likeness (QED) is 0.914. The Morgan fingerprint density at radius 3 is 2.83 bits per heavy atom. The van der Waals surface area contributed by atoms with Crippen LogP contribution in [-0.2, 0) is 16.4 Å². The zero-order valence-corrected chi connectivity index (χ0v) is 12.6. The molecule has 0 atom stereocenters. The lowest BCUT2D eigenvalue weighted by molar-refractivity contribution is 0.583. The third-order valence-electron chi connectivity index (χ3n) is 2.02. The van der Waals surface area contributed by atoms with Gasteiger partial charge in [-0.05, 0) is 6.92 Å². The molecule has 5 nitrogen and oxygen atoms in total. The van der Waals surface area contributed by atoms with Crippen molar-refractivity contribution >= 4 is 44.3 Å². The molecule has 2 aromatic heterocycles. The molecule has 9 heteroatoms. The van der Waals surface area contributed by atoms with Gasteiger partial charge in [0.05, 0.1) is 11.2 Å². The fourth-order valence-electron chi connectivity index (χ4n) is 1.24. The first-order valence-corrected chi connectivity index (χ1v) is 8.55. The van der Waals surface area contributed by atoms with E-state index >= 15 is 0 Å². The van der Waals surface area contributed by atoms with E-state index in [1.165, 1.54) is 17.5 Å². The number of nitrogens with zero attached hydrogens (tertiary/aromatic N) is 2. The van der Waals surface area contributed by atoms with Crippen LogP contribution in [0.3, 0.4) is 0 Å². The molecule has 0 amide bonds. The molecule has 98 valence electrons. The molecule has 1 N–H and O–H groups in total. The predicted molar refractivity (Wildman–Crippen MR) is 72.9 cm³/mol. The molecule has 0 aliphatic rings. The van der Waals surface area contributed by atoms with Gasteiger partial charge in [-0.1, -0.05) is 22.9 Å². The molecule has 0 saturated carbocycles. The van der Waals surface area contributed by atoms with Crippen LogP contribution in [0.2, 0.25) is 4.47 Å². The third-order valence-corrected chi connectivity index (χ3v) is 6.08. The second-order valence-corrected chi connectivity index (χ2v) is 8.01. The highest BCUT2D eigenvalue weighted by molar-refractivity contribution is 7.91. The largest absolute Gasteiger partial charge is 0.251 e. The van der Waals surface area contributed by atoms with Crippen molar-refractivity contribution in [1.29, 1.82) is 0 Å². The van der Waals surface area contributed by atoms with Gasteiger partial charge < -0.3 is 0 Å². The maximum atomic E-state index is 11.8. The first-order valence-electron chi connectivity index (χ1n) is 4.99. The minimum atomic E-state index is -3.50. The zero-order valence-electron chi connectivity index (χ0n) is 9.38. The van der Waals surface area contributed by atoms with Gasteiger partial charge in [0.2, 0.25) is 0 Å². The molecule has 2 rings (SSSR count). The van der Waals surface area contributed by atoms with Crippen LogP contribution in [0.25, 0.3) is 0 Å². The molecule has 2 aromatic rings. The lowest BCUT2D eigenvalue weighted by Gasteiger charge is -2.02. The second kappa shape index (κ2) is 5.62. The molecule has 0 aromatic carbocycles. The number of rotatable bonds is 5. The average Bonchev–Trinajstić information content (AvgIpc) is 2.88. The van der Waals surface area contributed by atoms with Gasteiger partial charge in [-0.15, -0.1) is 11.3 Å². The Bertz CT molecular complexity index is 635. The van der Waals surface area contributed by atoms with Gasteiger partial charge in [-0.2, -0.15) is 0 Å². The normalized spacial score (nSPS) is 11.9. The Balaban J connectivity index is 1.93. The summed E-state index contributed by atoms with van der Waals surface area (Å²) < 4.78 is 26.5. The smallest absolute Gasteiger partial charge is 0.247 e. The van der Waals surface area contributed by atoms with E-state index in [2.05, 4.69) is 14.7 Å². The molecule has 0 aliphatic heterocycles. The summed E-state index contributed by atoms with van der Waals surface area (Å²) in [5.74, 6) is 0. The Labute approximate surface area is 118 Å². The maximum absolute atomic E-state index is 11.8. The molecule has 0 bridgehead atoms. The van der Waals surface area contributed by atoms with Crippen molar-refractivity contribution in [3.05, 3.63) is 26.7 Å². The van der Waals surface area contributed by atoms with E-state index < -0.39 is 10.0 Å². The lowest BCUT2D eigenvalue weighted by Crippen LogP contribution is -2.25. The number of hydrogen-bond acceptors (Lipinski definition) is 6. The van der Waals surface area contributed by atoms with Crippen molar-refractivity contribution in [2.45, 2.75) is 17.6 Å². The highest BCUT2D eigenvalue weighted by atomic mass is 35.5. The van der Waals surface area contributed by atoms with Crippen molar-refractivity contribution < 1.29 is 8.42 Å². The van der Waals surface area contributed by atoms with E-state index in [0.717, 1.165) is 22.0 Å². The van der Waals surface area contributed by atoms with Crippen molar-refractivity contribution in [1.82, 2.24) is 14.7 Å². The lowest BCUT2D eigenvalue weighted by atomic mass is 10.4. The van der Waals surface area contributed by atoms with Gasteiger partial charge in [-0.3, -0.25) is 0 Å². The molecule has 0 unspecified atom stereocenters. The molecule has 0 radical (unpaired) electrons. The summed E-state index contributed by atoms with van der Waals surface area (Å²) in [5.41, 5.74) is 0.951. The molecular formula is C9H10ClN3O2S3. The zero-order chi connectivity index (χ0) is 13.2. The van der Waals surface area contributed by atoms with E-state index in [4.69, 9.17) is 11.6 Å². The van der Waals surface area contributed by atoms with Gasteiger partial charge in [0, 0.05) is 24.0 Å². The Morgan fingerprint density at radius 2 is 2.28 bits per heavy atom. The van der Waals surface area contributed by atoms with Crippen molar-refractivity contribution in [3.8, 4) is 0 Å². The summed E-state index contributed by atoms with van der Waals surface area (Å²) in [6.07, 6.45) is 1.83. The van der Waals surface area contributed by atoms with Gasteiger partial charge in [-0.25, -0.2) is 23.1 Å². The molecular weight excluding hydrogens is 314 g/mol. The number of aryl methyl sites for hydroxylation is 1. The first-order chi connectivity index (χ1) is 8.47. The van der Waals surface area contributed by atoms with Crippen LogP contribution in [0.15, 0.2) is 15.8 Å². The molecule has 18 heavy (non-hydrogen) atoms. The number of thiazole rings is 2. The summed E-state index contributed by atoms with van der Waals surface area (Å²) in [6.45, 7) is 2.22. The minimum Gasteiger partial charge on any atom is -0.247 e. The van der Waals surface area contributed by atoms with E-state index in [1.54, 1.807) is 0 Å². The summed E-state index contributed by atoms with van der Waals surface area (Å²) in [5, 5.41) is 2.85. The van der Waals surface area contributed by atoms with Crippen molar-refractivity contribution in [2.24, 2.45) is 0 Å². The van der Waals surface area contributed by atoms with Gasteiger partial charge in [0.1, 0.15) is 0 Å². The van der Waals surface area contributed by atoms with Crippen LogP contribution < -0.4 is 4.72 Å². The summed E-state index contributed by atoms with van der Waals surface area (Å²) in [4.78, 5) is 7.97. The van der Waals surface area contributed by atoms with Crippen LogP contribution >= 0.6 is 34.3 Å². The van der Waals surface area contributed by atoms with Crippen LogP contribution in [-0.4, -0.2) is 24.9 Å². The molecule has 0 aliphatic carbocycles. The second-order valence-electron chi connectivity index (χ2n) is 3.46. The summed E-state index contributed by atoms with van der Waals surface area (Å²) in [7, 11) is -3.50. The van der Waals surface area contributed by atoms with Crippen LogP contribution in [0, 0.1) is 6.92 Å². The van der Waals surface area contributed by atoms with E-state index in [9.17, 15) is 8.42 Å². The van der Waals surface area contributed by atoms with Crippen LogP contribution in [0.5, 0.6) is 0 Å². The fraction of sp³-hybridized carbons (Fsp3) is 0.333. The highest BCUT2D eigenvalue weighted by Crippen LogP contribution is 2.22. The number of sulfonamides is 1. The molecule has 0 fully saturated rings. The number of halogens is 1. The Hall–Kier alpha value is -0.540. The molecule has 0 saturated heterocycles. The van der Waals surface area contributed by atoms with E-state index in [1.807, 2.05) is 12.3 Å². The van der Waals surface area contributed by atoms with Crippen molar-refractivity contribution in [2.75, 3.05) is 6.54 Å². The van der Waals surface area contributed by atoms with E-state index in [-0.39, 0.29) is 8.68 Å². The fourth-order valence-corrected chi connectivity index (χ4v) is 4.39. The molecule has 2 heterocycles.